The summed E-state index contributed by atoms with van der Waals surface area (Å²) in [6, 6.07) is 18.4. The van der Waals surface area contributed by atoms with Crippen molar-refractivity contribution in [2.45, 2.75) is 37.7 Å². The molecule has 4 rings (SSSR count). The summed E-state index contributed by atoms with van der Waals surface area (Å²) in [5.41, 5.74) is 5.01. The van der Waals surface area contributed by atoms with Crippen LogP contribution in [0.15, 0.2) is 71.3 Å². The van der Waals surface area contributed by atoms with Gasteiger partial charge in [0.2, 0.25) is 11.6 Å². The Balaban J connectivity index is 1.42. The van der Waals surface area contributed by atoms with Crippen LogP contribution in [0.3, 0.4) is 0 Å². The summed E-state index contributed by atoms with van der Waals surface area (Å²) in [7, 11) is 0. The molecule has 3 heterocycles. The smallest absolute Gasteiger partial charge is 0.405 e. The minimum Gasteiger partial charge on any atom is -0.458 e. The fraction of sp³-hybridized carbons (Fsp3) is 0.414. The standard InChI is InChI=1S/C29H34F3N5O4/c30-29(31,32)19-35-27(39)28(40)20-36(18-23-11-12-25(41-23)24-10-4-5-13-34-24)15-16-37(28)14-6-9-22(26(33)38)17-21-7-2-1-3-8-21/h1-5,7-8,10-13,22,40H,6,9,14-20H2,(H2,33,38)(H,35,39). The van der Waals surface area contributed by atoms with Crippen LogP contribution in [-0.4, -0.2) is 76.3 Å². The number of carbonyl (C=O) groups excluding carboxylic acids is 2. The summed E-state index contributed by atoms with van der Waals surface area (Å²) < 4.78 is 44.5. The number of piperazine rings is 1. The number of nitrogens with one attached hydrogen (secondary N) is 1. The van der Waals surface area contributed by atoms with E-state index in [0.29, 0.717) is 43.0 Å². The first-order valence-corrected chi connectivity index (χ1v) is 13.4. The first kappa shape index (κ1) is 30.2. The number of hydrogen-bond donors (Lipinski definition) is 3. The van der Waals surface area contributed by atoms with Gasteiger partial charge in [-0.3, -0.25) is 24.4 Å². The molecule has 2 atom stereocenters. The molecule has 2 amide bonds. The van der Waals surface area contributed by atoms with Gasteiger partial charge in [0.05, 0.1) is 13.1 Å². The zero-order valence-electron chi connectivity index (χ0n) is 22.5. The Bertz CT molecular complexity index is 1290. The van der Waals surface area contributed by atoms with Gasteiger partial charge in [-0.15, -0.1) is 0 Å². The molecule has 0 bridgehead atoms. The van der Waals surface area contributed by atoms with E-state index in [1.165, 1.54) is 4.90 Å². The van der Waals surface area contributed by atoms with Crippen molar-refractivity contribution >= 4 is 11.8 Å². The van der Waals surface area contributed by atoms with Gasteiger partial charge in [0.25, 0.3) is 5.91 Å². The molecular formula is C29H34F3N5O4. The van der Waals surface area contributed by atoms with Crippen LogP contribution in [0.2, 0.25) is 0 Å². The summed E-state index contributed by atoms with van der Waals surface area (Å²) in [5, 5.41) is 13.3. The van der Waals surface area contributed by atoms with Crippen molar-refractivity contribution in [3.8, 4) is 11.5 Å². The Hall–Kier alpha value is -3.74. The highest BCUT2D eigenvalue weighted by Crippen LogP contribution is 2.26. The number of aromatic nitrogens is 1. The molecule has 4 N–H and O–H groups in total. The van der Waals surface area contributed by atoms with E-state index in [4.69, 9.17) is 10.2 Å². The third-order valence-corrected chi connectivity index (χ3v) is 7.13. The molecule has 0 aliphatic carbocycles. The second-order valence-electron chi connectivity index (χ2n) is 10.2. The average Bonchev–Trinajstić information content (AvgIpc) is 3.41. The van der Waals surface area contributed by atoms with E-state index in [2.05, 4.69) is 4.98 Å². The van der Waals surface area contributed by atoms with Crippen LogP contribution >= 0.6 is 0 Å². The van der Waals surface area contributed by atoms with Gasteiger partial charge >= 0.3 is 6.18 Å². The van der Waals surface area contributed by atoms with Gasteiger partial charge in [0, 0.05) is 31.7 Å². The number of rotatable bonds is 12. The number of hydrogen-bond acceptors (Lipinski definition) is 7. The van der Waals surface area contributed by atoms with Crippen LogP contribution in [0.1, 0.15) is 24.2 Å². The maximum absolute atomic E-state index is 13.0. The van der Waals surface area contributed by atoms with Crippen LogP contribution in [0, 0.1) is 5.92 Å². The molecule has 1 fully saturated rings. The SMILES string of the molecule is NC(=O)C(CCCN1CCN(Cc2ccc(-c3ccccn3)o2)CC1(O)C(=O)NCC(F)(F)F)Cc1ccccc1. The van der Waals surface area contributed by atoms with Crippen LogP contribution in [-0.2, 0) is 22.6 Å². The number of nitrogens with zero attached hydrogens (tertiary/aromatic N) is 3. The Morgan fingerprint density at radius 1 is 1.10 bits per heavy atom. The van der Waals surface area contributed by atoms with Gasteiger partial charge in [0.1, 0.15) is 18.0 Å². The van der Waals surface area contributed by atoms with E-state index >= 15 is 0 Å². The maximum Gasteiger partial charge on any atom is 0.405 e. The van der Waals surface area contributed by atoms with Crippen molar-refractivity contribution in [1.82, 2.24) is 20.1 Å². The molecular weight excluding hydrogens is 539 g/mol. The molecule has 1 saturated heterocycles. The Morgan fingerprint density at radius 2 is 1.85 bits per heavy atom. The molecule has 220 valence electrons. The second kappa shape index (κ2) is 13.3. The van der Waals surface area contributed by atoms with Crippen molar-refractivity contribution in [1.29, 1.82) is 0 Å². The number of alkyl halides is 3. The molecule has 1 aromatic carbocycles. The Labute approximate surface area is 236 Å². The number of carbonyl (C=O) groups is 2. The number of benzene rings is 1. The monoisotopic (exact) mass is 573 g/mol. The number of nitrogens with two attached hydrogens (primary N) is 1. The van der Waals surface area contributed by atoms with Crippen LogP contribution in [0.4, 0.5) is 13.2 Å². The molecule has 2 unspecified atom stereocenters. The summed E-state index contributed by atoms with van der Waals surface area (Å²) in [6.07, 6.45) is -1.74. The van der Waals surface area contributed by atoms with Crippen molar-refractivity contribution in [3.63, 3.8) is 0 Å². The van der Waals surface area contributed by atoms with E-state index in [1.807, 2.05) is 41.7 Å². The lowest BCUT2D eigenvalue weighted by atomic mass is 9.93. The lowest BCUT2D eigenvalue weighted by Gasteiger charge is -2.46. The molecule has 2 aromatic heterocycles. The van der Waals surface area contributed by atoms with Gasteiger partial charge in [-0.05, 0) is 49.1 Å². The van der Waals surface area contributed by atoms with Crippen molar-refractivity contribution < 1.29 is 32.3 Å². The number of aliphatic hydroxyl groups is 1. The Kier molecular flexibility index (Phi) is 9.79. The largest absolute Gasteiger partial charge is 0.458 e. The van der Waals surface area contributed by atoms with Crippen molar-refractivity contribution in [2.24, 2.45) is 11.7 Å². The highest BCUT2D eigenvalue weighted by atomic mass is 19.4. The van der Waals surface area contributed by atoms with Gasteiger partial charge in [-0.1, -0.05) is 36.4 Å². The third kappa shape index (κ3) is 8.38. The number of amides is 2. The number of pyridine rings is 1. The highest BCUT2D eigenvalue weighted by molar-refractivity contribution is 5.85. The maximum atomic E-state index is 13.0. The number of halogens is 3. The zero-order chi connectivity index (χ0) is 29.5. The second-order valence-corrected chi connectivity index (χ2v) is 10.2. The van der Waals surface area contributed by atoms with Crippen LogP contribution < -0.4 is 11.1 Å². The third-order valence-electron chi connectivity index (χ3n) is 7.13. The quantitative estimate of drug-likeness (QED) is 0.304. The Morgan fingerprint density at radius 3 is 2.54 bits per heavy atom. The lowest BCUT2D eigenvalue weighted by Crippen LogP contribution is -2.69. The first-order valence-electron chi connectivity index (χ1n) is 13.4. The molecule has 41 heavy (non-hydrogen) atoms. The molecule has 0 radical (unpaired) electrons. The van der Waals surface area contributed by atoms with E-state index in [1.54, 1.807) is 35.4 Å². The lowest BCUT2D eigenvalue weighted by molar-refractivity contribution is -0.184. The fourth-order valence-electron chi connectivity index (χ4n) is 5.01. The molecule has 0 spiro atoms. The first-order chi connectivity index (χ1) is 19.5. The topological polar surface area (TPSA) is 125 Å². The molecule has 9 nitrogen and oxygen atoms in total. The highest BCUT2D eigenvalue weighted by Gasteiger charge is 2.47. The fourth-order valence-corrected chi connectivity index (χ4v) is 5.01. The van der Waals surface area contributed by atoms with Gasteiger partial charge in [0.15, 0.2) is 5.76 Å². The average molecular weight is 574 g/mol. The predicted octanol–water partition coefficient (Wildman–Crippen LogP) is 2.95. The van der Waals surface area contributed by atoms with E-state index in [9.17, 15) is 27.9 Å². The van der Waals surface area contributed by atoms with Crippen molar-refractivity contribution in [2.75, 3.05) is 32.7 Å². The zero-order valence-corrected chi connectivity index (χ0v) is 22.5. The minimum absolute atomic E-state index is 0.187. The molecule has 1 aliphatic rings. The number of furan rings is 1. The molecule has 0 saturated carbocycles. The summed E-state index contributed by atoms with van der Waals surface area (Å²) in [4.78, 5) is 32.5. The number of β-amino-alcohol motifs (C(OH)–C–C–N with tert-alkyl or cyclic N) is 1. The minimum atomic E-state index is -4.63. The molecule has 3 aromatic rings. The van der Waals surface area contributed by atoms with Gasteiger partial charge in [-0.25, -0.2) is 0 Å². The van der Waals surface area contributed by atoms with Crippen LogP contribution in [0.25, 0.3) is 11.5 Å². The van der Waals surface area contributed by atoms with E-state index in [0.717, 1.165) is 5.56 Å². The predicted molar refractivity (Wildman–Crippen MR) is 145 cm³/mol. The normalized spacial score (nSPS) is 19.1. The number of primary amides is 1. The van der Waals surface area contributed by atoms with Crippen molar-refractivity contribution in [3.05, 3.63) is 78.2 Å². The van der Waals surface area contributed by atoms with Gasteiger partial charge in [-0.2, -0.15) is 13.2 Å². The molecule has 1 aliphatic heterocycles. The summed E-state index contributed by atoms with van der Waals surface area (Å²) in [5.74, 6) is -0.943. The summed E-state index contributed by atoms with van der Waals surface area (Å²) in [6.45, 7) is -0.737. The van der Waals surface area contributed by atoms with Crippen LogP contribution in [0.5, 0.6) is 0 Å². The molecule has 12 heteroatoms. The van der Waals surface area contributed by atoms with Gasteiger partial charge < -0.3 is 20.6 Å². The summed E-state index contributed by atoms with van der Waals surface area (Å²) >= 11 is 0. The van der Waals surface area contributed by atoms with E-state index < -0.39 is 36.2 Å². The van der Waals surface area contributed by atoms with E-state index in [-0.39, 0.29) is 26.2 Å².